The van der Waals surface area contributed by atoms with E-state index < -0.39 is 6.10 Å². The predicted molar refractivity (Wildman–Crippen MR) is 104 cm³/mol. The van der Waals surface area contributed by atoms with Gasteiger partial charge in [0.2, 0.25) is 5.91 Å². The second kappa shape index (κ2) is 8.11. The van der Waals surface area contributed by atoms with Crippen molar-refractivity contribution < 1.29 is 9.90 Å². The molecule has 0 saturated carbocycles. The van der Waals surface area contributed by atoms with Crippen molar-refractivity contribution in [2.45, 2.75) is 25.9 Å². The van der Waals surface area contributed by atoms with E-state index in [-0.39, 0.29) is 24.3 Å². The van der Waals surface area contributed by atoms with Crippen molar-refractivity contribution in [3.05, 3.63) is 78.1 Å². The number of fused-ring (bicyclic) bond motifs is 1. The lowest BCUT2D eigenvalue weighted by Crippen LogP contribution is -2.34. The highest BCUT2D eigenvalue weighted by atomic mass is 16.3. The Morgan fingerprint density at radius 3 is 2.50 bits per heavy atom. The molecule has 26 heavy (non-hydrogen) atoms. The van der Waals surface area contributed by atoms with Gasteiger partial charge in [0.05, 0.1) is 12.0 Å². The zero-order chi connectivity index (χ0) is 18.5. The Hall–Kier alpha value is -2.72. The highest BCUT2D eigenvalue weighted by Crippen LogP contribution is 2.24. The molecule has 0 aliphatic heterocycles. The zero-order valence-electron chi connectivity index (χ0n) is 15.1. The van der Waals surface area contributed by atoms with Crippen LogP contribution < -0.4 is 5.32 Å². The summed E-state index contributed by atoms with van der Waals surface area (Å²) < 4.78 is 0. The summed E-state index contributed by atoms with van der Waals surface area (Å²) in [5.41, 5.74) is 1.69. The number of aromatic nitrogens is 1. The van der Waals surface area contributed by atoms with Crippen LogP contribution in [0.1, 0.15) is 37.0 Å². The number of amides is 1. The minimum Gasteiger partial charge on any atom is -0.387 e. The number of aliphatic hydroxyl groups excluding tert-OH is 1. The third kappa shape index (κ3) is 4.09. The van der Waals surface area contributed by atoms with Crippen LogP contribution in [0.15, 0.2) is 67.0 Å². The maximum atomic E-state index is 12.7. The molecule has 0 saturated heterocycles. The van der Waals surface area contributed by atoms with E-state index in [2.05, 4.69) is 10.3 Å². The number of pyridine rings is 1. The molecule has 0 unspecified atom stereocenters. The minimum absolute atomic E-state index is 0.0900. The van der Waals surface area contributed by atoms with Gasteiger partial charge in [-0.05, 0) is 39.9 Å². The van der Waals surface area contributed by atoms with Crippen LogP contribution >= 0.6 is 0 Å². The van der Waals surface area contributed by atoms with Gasteiger partial charge in [-0.25, -0.2) is 0 Å². The molecule has 0 fully saturated rings. The van der Waals surface area contributed by atoms with Crippen LogP contribution in [0.3, 0.4) is 0 Å². The van der Waals surface area contributed by atoms with Gasteiger partial charge in [0.1, 0.15) is 0 Å². The van der Waals surface area contributed by atoms with Gasteiger partial charge in [-0.15, -0.1) is 0 Å². The summed E-state index contributed by atoms with van der Waals surface area (Å²) in [6.07, 6.45) is 2.68. The number of hydrogen-bond acceptors (Lipinski definition) is 3. The average Bonchev–Trinajstić information content (AvgIpc) is 2.66. The highest BCUT2D eigenvalue weighted by Gasteiger charge is 2.24. The quantitative estimate of drug-likeness (QED) is 0.712. The molecule has 2 N–H and O–H groups in total. The summed E-state index contributed by atoms with van der Waals surface area (Å²) >= 11 is 0. The smallest absolute Gasteiger partial charge is 0.227 e. The summed E-state index contributed by atoms with van der Waals surface area (Å²) in [6.45, 7) is 4.20. The van der Waals surface area contributed by atoms with Crippen molar-refractivity contribution in [1.82, 2.24) is 10.3 Å². The lowest BCUT2D eigenvalue weighted by atomic mass is 9.88. The fourth-order valence-corrected chi connectivity index (χ4v) is 3.24. The Morgan fingerprint density at radius 1 is 1.04 bits per heavy atom. The molecule has 0 bridgehead atoms. The van der Waals surface area contributed by atoms with E-state index in [9.17, 15) is 9.90 Å². The molecule has 4 heteroatoms. The van der Waals surface area contributed by atoms with Gasteiger partial charge < -0.3 is 10.4 Å². The summed E-state index contributed by atoms with van der Waals surface area (Å²) in [5.74, 6) is -0.239. The number of nitrogens with one attached hydrogen (secondary N) is 1. The fourth-order valence-electron chi connectivity index (χ4n) is 3.24. The minimum atomic E-state index is -0.745. The van der Waals surface area contributed by atoms with E-state index in [4.69, 9.17) is 0 Å². The van der Waals surface area contributed by atoms with Gasteiger partial charge in [0, 0.05) is 18.9 Å². The average molecular weight is 348 g/mol. The number of benzene rings is 2. The number of nitrogens with zero attached hydrogens (tertiary/aromatic N) is 1. The van der Waals surface area contributed by atoms with Gasteiger partial charge in [-0.3, -0.25) is 9.78 Å². The molecule has 1 amide bonds. The number of carbonyl (C=O) groups is 1. The Morgan fingerprint density at radius 2 is 1.81 bits per heavy atom. The number of rotatable bonds is 6. The Labute approximate surface area is 153 Å². The second-order valence-electron chi connectivity index (χ2n) is 6.88. The standard InChI is InChI=1S/C22H24N2O2/c1-15(2)21(19-8-5-11-23-13-19)22(26)24-14-20(25)18-10-9-16-6-3-4-7-17(16)12-18/h3-13,15,20-21,25H,14H2,1-2H3,(H,24,26)/t20-,21-/m0/s1. The summed E-state index contributed by atoms with van der Waals surface area (Å²) in [6, 6.07) is 17.6. The van der Waals surface area contributed by atoms with Crippen molar-refractivity contribution >= 4 is 16.7 Å². The second-order valence-corrected chi connectivity index (χ2v) is 6.88. The van der Waals surface area contributed by atoms with Gasteiger partial charge >= 0.3 is 0 Å². The summed E-state index contributed by atoms with van der Waals surface area (Å²) in [5, 5.41) is 15.6. The van der Waals surface area contributed by atoms with Crippen molar-refractivity contribution in [2.75, 3.05) is 6.54 Å². The van der Waals surface area contributed by atoms with Gasteiger partial charge in [-0.2, -0.15) is 0 Å². The Kier molecular flexibility index (Phi) is 5.64. The van der Waals surface area contributed by atoms with Crippen LogP contribution in [0.4, 0.5) is 0 Å². The normalized spacial score (nSPS) is 13.5. The summed E-state index contributed by atoms with van der Waals surface area (Å²) in [4.78, 5) is 16.8. The van der Waals surface area contributed by atoms with Gasteiger partial charge in [0.25, 0.3) is 0 Å². The molecule has 0 aliphatic carbocycles. The maximum absolute atomic E-state index is 12.7. The number of hydrogen-bond donors (Lipinski definition) is 2. The molecule has 4 nitrogen and oxygen atoms in total. The fraction of sp³-hybridized carbons (Fsp3) is 0.273. The van der Waals surface area contributed by atoms with Crippen LogP contribution in [0, 0.1) is 5.92 Å². The lowest BCUT2D eigenvalue weighted by molar-refractivity contribution is -0.124. The van der Waals surface area contributed by atoms with E-state index in [1.807, 2.05) is 68.4 Å². The number of carbonyl (C=O) groups excluding carboxylic acids is 1. The van der Waals surface area contributed by atoms with Crippen molar-refractivity contribution in [3.63, 3.8) is 0 Å². The first-order valence-electron chi connectivity index (χ1n) is 8.90. The first kappa shape index (κ1) is 18.1. The molecule has 2 atom stereocenters. The Balaban J connectivity index is 1.69. The van der Waals surface area contributed by atoms with Crippen LogP contribution in [0.2, 0.25) is 0 Å². The van der Waals surface area contributed by atoms with E-state index in [0.717, 1.165) is 21.9 Å². The van der Waals surface area contributed by atoms with Crippen molar-refractivity contribution in [3.8, 4) is 0 Å². The molecule has 2 aromatic carbocycles. The first-order chi connectivity index (χ1) is 12.6. The number of aliphatic hydroxyl groups is 1. The third-order valence-electron chi connectivity index (χ3n) is 4.62. The van der Waals surface area contributed by atoms with Crippen LogP contribution in [-0.4, -0.2) is 22.5 Å². The third-order valence-corrected chi connectivity index (χ3v) is 4.62. The van der Waals surface area contributed by atoms with Gasteiger partial charge in [0.15, 0.2) is 0 Å². The molecule has 0 spiro atoms. The molecular weight excluding hydrogens is 324 g/mol. The van der Waals surface area contributed by atoms with Crippen LogP contribution in [-0.2, 0) is 4.79 Å². The van der Waals surface area contributed by atoms with Crippen LogP contribution in [0.25, 0.3) is 10.8 Å². The van der Waals surface area contributed by atoms with E-state index in [0.29, 0.717) is 0 Å². The van der Waals surface area contributed by atoms with Crippen molar-refractivity contribution in [2.24, 2.45) is 5.92 Å². The van der Waals surface area contributed by atoms with Crippen molar-refractivity contribution in [1.29, 1.82) is 0 Å². The molecule has 0 radical (unpaired) electrons. The lowest BCUT2D eigenvalue weighted by Gasteiger charge is -2.21. The van der Waals surface area contributed by atoms with E-state index in [1.165, 1.54) is 0 Å². The highest BCUT2D eigenvalue weighted by molar-refractivity contribution is 5.84. The first-order valence-corrected chi connectivity index (χ1v) is 8.90. The molecule has 3 aromatic rings. The molecular formula is C22H24N2O2. The maximum Gasteiger partial charge on any atom is 0.227 e. The zero-order valence-corrected chi connectivity index (χ0v) is 15.1. The summed E-state index contributed by atoms with van der Waals surface area (Å²) in [7, 11) is 0. The molecule has 1 heterocycles. The molecule has 1 aromatic heterocycles. The predicted octanol–water partition coefficient (Wildman–Crippen LogP) is 3.82. The van der Waals surface area contributed by atoms with Crippen LogP contribution in [0.5, 0.6) is 0 Å². The van der Waals surface area contributed by atoms with E-state index in [1.54, 1.807) is 12.4 Å². The largest absolute Gasteiger partial charge is 0.387 e. The SMILES string of the molecule is CC(C)[C@H](C(=O)NC[C@H](O)c1ccc2ccccc2c1)c1cccnc1. The molecule has 134 valence electrons. The van der Waals surface area contributed by atoms with Gasteiger partial charge in [-0.1, -0.05) is 56.3 Å². The topological polar surface area (TPSA) is 62.2 Å². The van der Waals surface area contributed by atoms with E-state index >= 15 is 0 Å². The Bertz CT molecular complexity index is 877. The monoisotopic (exact) mass is 348 g/mol. The molecule has 0 aliphatic rings. The molecule has 3 rings (SSSR count).